The first-order valence-corrected chi connectivity index (χ1v) is 6.63. The molecule has 0 aliphatic rings. The molecule has 0 aliphatic heterocycles. The standard InChI is InChI=1S/C16H21N3/c1-17-15-8-6-14(7-9-15)13-19(2)12-10-16-5-3-4-11-18-16/h3-9,11,17H,10,12-13H2,1-2H3. The first kappa shape index (κ1) is 13.6. The molecular weight excluding hydrogens is 234 g/mol. The maximum Gasteiger partial charge on any atom is 0.0416 e. The Balaban J connectivity index is 1.82. The zero-order chi connectivity index (χ0) is 13.5. The molecule has 0 radical (unpaired) electrons. The van der Waals surface area contributed by atoms with Crippen LogP contribution in [0.15, 0.2) is 48.7 Å². The highest BCUT2D eigenvalue weighted by Gasteiger charge is 2.01. The minimum absolute atomic E-state index is 0.969. The van der Waals surface area contributed by atoms with E-state index in [4.69, 9.17) is 0 Å². The van der Waals surface area contributed by atoms with Gasteiger partial charge in [-0.25, -0.2) is 0 Å². The van der Waals surface area contributed by atoms with E-state index in [1.54, 1.807) is 0 Å². The molecule has 0 atom stereocenters. The predicted molar refractivity (Wildman–Crippen MR) is 80.3 cm³/mol. The second-order valence-electron chi connectivity index (χ2n) is 4.76. The Morgan fingerprint density at radius 3 is 2.53 bits per heavy atom. The number of rotatable bonds is 6. The van der Waals surface area contributed by atoms with Gasteiger partial charge in [-0.3, -0.25) is 4.98 Å². The van der Waals surface area contributed by atoms with Crippen LogP contribution in [-0.4, -0.2) is 30.5 Å². The number of hydrogen-bond donors (Lipinski definition) is 1. The number of anilines is 1. The minimum Gasteiger partial charge on any atom is -0.388 e. The number of likely N-dealkylation sites (N-methyl/N-ethyl adjacent to an activating group) is 1. The van der Waals surface area contributed by atoms with Crippen LogP contribution in [0.25, 0.3) is 0 Å². The van der Waals surface area contributed by atoms with E-state index in [9.17, 15) is 0 Å². The van der Waals surface area contributed by atoms with Gasteiger partial charge in [0.15, 0.2) is 0 Å². The molecule has 100 valence electrons. The molecule has 0 bridgehead atoms. The monoisotopic (exact) mass is 255 g/mol. The maximum absolute atomic E-state index is 4.35. The molecule has 1 heterocycles. The zero-order valence-corrected chi connectivity index (χ0v) is 11.6. The fourth-order valence-corrected chi connectivity index (χ4v) is 2.02. The molecule has 0 amide bonds. The third-order valence-electron chi connectivity index (χ3n) is 3.17. The van der Waals surface area contributed by atoms with E-state index in [1.807, 2.05) is 25.4 Å². The number of benzene rings is 1. The average molecular weight is 255 g/mol. The molecule has 1 N–H and O–H groups in total. The fraction of sp³-hybridized carbons (Fsp3) is 0.312. The van der Waals surface area contributed by atoms with Gasteiger partial charge in [0.1, 0.15) is 0 Å². The quantitative estimate of drug-likeness (QED) is 0.860. The number of pyridine rings is 1. The van der Waals surface area contributed by atoms with Crippen molar-refractivity contribution in [1.29, 1.82) is 0 Å². The van der Waals surface area contributed by atoms with E-state index >= 15 is 0 Å². The lowest BCUT2D eigenvalue weighted by Gasteiger charge is -2.16. The smallest absolute Gasteiger partial charge is 0.0416 e. The number of nitrogens with one attached hydrogen (secondary N) is 1. The Morgan fingerprint density at radius 1 is 1.11 bits per heavy atom. The van der Waals surface area contributed by atoms with Crippen molar-refractivity contribution in [3.8, 4) is 0 Å². The summed E-state index contributed by atoms with van der Waals surface area (Å²) in [5, 5.41) is 3.13. The first-order valence-electron chi connectivity index (χ1n) is 6.63. The highest BCUT2D eigenvalue weighted by Crippen LogP contribution is 2.10. The molecule has 3 nitrogen and oxygen atoms in total. The zero-order valence-electron chi connectivity index (χ0n) is 11.6. The Labute approximate surface area is 115 Å². The van der Waals surface area contributed by atoms with E-state index < -0.39 is 0 Å². The van der Waals surface area contributed by atoms with Crippen LogP contribution in [0.3, 0.4) is 0 Å². The van der Waals surface area contributed by atoms with Crippen molar-refractivity contribution in [3.05, 3.63) is 59.9 Å². The summed E-state index contributed by atoms with van der Waals surface area (Å²) in [7, 11) is 4.09. The van der Waals surface area contributed by atoms with Gasteiger partial charge in [-0.15, -0.1) is 0 Å². The van der Waals surface area contributed by atoms with Gasteiger partial charge in [0.25, 0.3) is 0 Å². The summed E-state index contributed by atoms with van der Waals surface area (Å²) in [5.74, 6) is 0. The van der Waals surface area contributed by atoms with Crippen LogP contribution >= 0.6 is 0 Å². The molecule has 0 saturated heterocycles. The van der Waals surface area contributed by atoms with Crippen molar-refractivity contribution in [2.24, 2.45) is 0 Å². The van der Waals surface area contributed by atoms with Gasteiger partial charge in [0, 0.05) is 44.1 Å². The molecule has 1 aromatic heterocycles. The third-order valence-corrected chi connectivity index (χ3v) is 3.17. The Bertz CT molecular complexity index is 479. The fourth-order valence-electron chi connectivity index (χ4n) is 2.02. The number of hydrogen-bond acceptors (Lipinski definition) is 3. The van der Waals surface area contributed by atoms with Crippen molar-refractivity contribution >= 4 is 5.69 Å². The molecule has 0 fully saturated rings. The predicted octanol–water partition coefficient (Wildman–Crippen LogP) is 2.80. The van der Waals surface area contributed by atoms with Crippen molar-refractivity contribution in [2.75, 3.05) is 26.0 Å². The van der Waals surface area contributed by atoms with Gasteiger partial charge >= 0.3 is 0 Å². The highest BCUT2D eigenvalue weighted by molar-refractivity contribution is 5.43. The van der Waals surface area contributed by atoms with E-state index in [-0.39, 0.29) is 0 Å². The average Bonchev–Trinajstić information content (AvgIpc) is 2.47. The lowest BCUT2D eigenvalue weighted by molar-refractivity contribution is 0.330. The summed E-state index contributed by atoms with van der Waals surface area (Å²) in [5.41, 5.74) is 3.64. The molecule has 3 heteroatoms. The van der Waals surface area contributed by atoms with Gasteiger partial charge in [-0.2, -0.15) is 0 Å². The second kappa shape index (κ2) is 6.90. The molecule has 0 spiro atoms. The molecular formula is C16H21N3. The number of nitrogens with zero attached hydrogens (tertiary/aromatic N) is 2. The van der Waals surface area contributed by atoms with E-state index in [0.717, 1.165) is 30.9 Å². The Hall–Kier alpha value is -1.87. The summed E-state index contributed by atoms with van der Waals surface area (Å²) in [4.78, 5) is 6.67. The molecule has 2 aromatic rings. The van der Waals surface area contributed by atoms with E-state index in [2.05, 4.69) is 52.6 Å². The second-order valence-corrected chi connectivity index (χ2v) is 4.76. The summed E-state index contributed by atoms with van der Waals surface area (Å²) >= 11 is 0. The topological polar surface area (TPSA) is 28.2 Å². The molecule has 1 aromatic carbocycles. The molecule has 0 aliphatic carbocycles. The summed E-state index contributed by atoms with van der Waals surface area (Å²) < 4.78 is 0. The first-order chi connectivity index (χ1) is 9.28. The summed E-state index contributed by atoms with van der Waals surface area (Å²) in [6.07, 6.45) is 2.84. The molecule has 2 rings (SSSR count). The SMILES string of the molecule is CNc1ccc(CN(C)CCc2ccccn2)cc1. The minimum atomic E-state index is 0.969. The van der Waals surface area contributed by atoms with Crippen LogP contribution in [0.2, 0.25) is 0 Å². The van der Waals surface area contributed by atoms with Crippen LogP contribution in [0.1, 0.15) is 11.3 Å². The van der Waals surface area contributed by atoms with Gasteiger partial charge in [-0.1, -0.05) is 18.2 Å². The third kappa shape index (κ3) is 4.38. The number of aromatic nitrogens is 1. The van der Waals surface area contributed by atoms with Crippen molar-refractivity contribution in [1.82, 2.24) is 9.88 Å². The lowest BCUT2D eigenvalue weighted by atomic mass is 10.2. The van der Waals surface area contributed by atoms with Gasteiger partial charge in [0.2, 0.25) is 0 Å². The summed E-state index contributed by atoms with van der Waals surface area (Å²) in [6.45, 7) is 1.99. The van der Waals surface area contributed by atoms with E-state index in [1.165, 1.54) is 5.56 Å². The van der Waals surface area contributed by atoms with Gasteiger partial charge < -0.3 is 10.2 Å². The Kier molecular flexibility index (Phi) is 4.93. The molecule has 0 unspecified atom stereocenters. The molecule has 19 heavy (non-hydrogen) atoms. The van der Waals surface area contributed by atoms with Crippen LogP contribution < -0.4 is 5.32 Å². The maximum atomic E-state index is 4.35. The molecule has 0 saturated carbocycles. The van der Waals surface area contributed by atoms with Crippen molar-refractivity contribution in [2.45, 2.75) is 13.0 Å². The van der Waals surface area contributed by atoms with Crippen molar-refractivity contribution < 1.29 is 0 Å². The van der Waals surface area contributed by atoms with Crippen molar-refractivity contribution in [3.63, 3.8) is 0 Å². The summed E-state index contributed by atoms with van der Waals surface area (Å²) in [6, 6.07) is 14.6. The lowest BCUT2D eigenvalue weighted by Crippen LogP contribution is -2.21. The van der Waals surface area contributed by atoms with Crippen LogP contribution in [0.4, 0.5) is 5.69 Å². The largest absolute Gasteiger partial charge is 0.388 e. The van der Waals surface area contributed by atoms with Crippen LogP contribution in [0, 0.1) is 0 Å². The normalized spacial score (nSPS) is 10.7. The highest BCUT2D eigenvalue weighted by atomic mass is 15.1. The van der Waals surface area contributed by atoms with E-state index in [0.29, 0.717) is 0 Å². The van der Waals surface area contributed by atoms with Crippen LogP contribution in [0.5, 0.6) is 0 Å². The van der Waals surface area contributed by atoms with Gasteiger partial charge in [0.05, 0.1) is 0 Å². The van der Waals surface area contributed by atoms with Crippen LogP contribution in [-0.2, 0) is 13.0 Å². The Morgan fingerprint density at radius 2 is 1.89 bits per heavy atom. The van der Waals surface area contributed by atoms with Gasteiger partial charge in [-0.05, 0) is 36.9 Å².